The first-order valence-corrected chi connectivity index (χ1v) is 10.5. The number of hydrogen-bond acceptors (Lipinski definition) is 2. The summed E-state index contributed by atoms with van der Waals surface area (Å²) in [5.41, 5.74) is 5.56. The summed E-state index contributed by atoms with van der Waals surface area (Å²) >= 11 is 0. The molecule has 4 rings (SSSR count). The van der Waals surface area contributed by atoms with Gasteiger partial charge in [0.25, 0.3) is 11.8 Å². The van der Waals surface area contributed by atoms with E-state index >= 15 is 0 Å². The first kappa shape index (κ1) is 21.1. The molecule has 0 heterocycles. The first-order valence-electron chi connectivity index (χ1n) is 10.5. The number of hydrogen-bond donors (Lipinski definition) is 1. The molecule has 0 saturated carbocycles. The van der Waals surface area contributed by atoms with Crippen molar-refractivity contribution in [3.8, 4) is 0 Å². The molecule has 0 radical (unpaired) electrons. The minimum atomic E-state index is -0.173. The van der Waals surface area contributed by atoms with E-state index in [9.17, 15) is 9.59 Å². The predicted molar refractivity (Wildman–Crippen MR) is 130 cm³/mol. The van der Waals surface area contributed by atoms with Crippen molar-refractivity contribution in [2.24, 2.45) is 0 Å². The number of rotatable bonds is 5. The molecule has 2 amide bonds. The topological polar surface area (TPSA) is 49.4 Å². The summed E-state index contributed by atoms with van der Waals surface area (Å²) < 4.78 is 0. The lowest BCUT2D eigenvalue weighted by atomic mass is 10.1. The summed E-state index contributed by atoms with van der Waals surface area (Å²) in [5, 5.41) is 2.91. The molecule has 0 aliphatic rings. The van der Waals surface area contributed by atoms with Crippen LogP contribution in [0, 0.1) is 13.8 Å². The van der Waals surface area contributed by atoms with E-state index in [1.54, 1.807) is 29.2 Å². The monoisotopic (exact) mass is 420 g/mol. The lowest BCUT2D eigenvalue weighted by Gasteiger charge is -2.23. The molecule has 0 bridgehead atoms. The van der Waals surface area contributed by atoms with Gasteiger partial charge in [0.2, 0.25) is 0 Å². The standard InChI is InChI=1S/C28H24N2O2/c1-20-8-12-22(13-9-20)27(31)29-24-16-18-26(19-17-24)30(25-6-4-3-5-7-25)28(32)23-14-10-21(2)11-15-23/h3-19H,1-2H3,(H,29,31). The Labute approximate surface area is 188 Å². The summed E-state index contributed by atoms with van der Waals surface area (Å²) in [5.74, 6) is -0.291. The highest BCUT2D eigenvalue weighted by Crippen LogP contribution is 2.29. The average molecular weight is 421 g/mol. The lowest BCUT2D eigenvalue weighted by Crippen LogP contribution is -2.26. The zero-order valence-corrected chi connectivity index (χ0v) is 18.1. The van der Waals surface area contributed by atoms with E-state index in [1.165, 1.54) is 0 Å². The number of carbonyl (C=O) groups is 2. The van der Waals surface area contributed by atoms with Crippen molar-refractivity contribution in [3.63, 3.8) is 0 Å². The van der Waals surface area contributed by atoms with Gasteiger partial charge in [0.15, 0.2) is 0 Å². The van der Waals surface area contributed by atoms with E-state index in [2.05, 4.69) is 5.32 Å². The van der Waals surface area contributed by atoms with E-state index in [4.69, 9.17) is 0 Å². The minimum absolute atomic E-state index is 0.118. The molecule has 4 heteroatoms. The van der Waals surface area contributed by atoms with Crippen molar-refractivity contribution in [2.45, 2.75) is 13.8 Å². The van der Waals surface area contributed by atoms with Crippen molar-refractivity contribution in [2.75, 3.05) is 10.2 Å². The molecule has 4 nitrogen and oxygen atoms in total. The van der Waals surface area contributed by atoms with E-state index in [0.717, 1.165) is 22.5 Å². The second-order valence-electron chi connectivity index (χ2n) is 7.71. The fourth-order valence-corrected chi connectivity index (χ4v) is 3.39. The molecule has 0 aliphatic heterocycles. The SMILES string of the molecule is Cc1ccc(C(=O)Nc2ccc(N(C(=O)c3ccc(C)cc3)c3ccccc3)cc2)cc1. The maximum Gasteiger partial charge on any atom is 0.262 e. The second kappa shape index (κ2) is 9.31. The Balaban J connectivity index is 1.60. The van der Waals surface area contributed by atoms with E-state index < -0.39 is 0 Å². The maximum absolute atomic E-state index is 13.4. The number of anilines is 3. The Morgan fingerprint density at radius 2 is 1.09 bits per heavy atom. The molecule has 32 heavy (non-hydrogen) atoms. The smallest absolute Gasteiger partial charge is 0.262 e. The van der Waals surface area contributed by atoms with Crippen LogP contribution in [0.5, 0.6) is 0 Å². The number of carbonyl (C=O) groups excluding carboxylic acids is 2. The third kappa shape index (κ3) is 4.76. The van der Waals surface area contributed by atoms with Crippen LogP contribution in [0.4, 0.5) is 17.1 Å². The molecule has 0 saturated heterocycles. The van der Waals surface area contributed by atoms with Crippen molar-refractivity contribution >= 4 is 28.9 Å². The third-order valence-electron chi connectivity index (χ3n) is 5.21. The minimum Gasteiger partial charge on any atom is -0.322 e. The number of para-hydroxylation sites is 1. The molecule has 0 aliphatic carbocycles. The summed E-state index contributed by atoms with van der Waals surface area (Å²) in [6.07, 6.45) is 0. The van der Waals surface area contributed by atoms with Gasteiger partial charge in [-0.25, -0.2) is 0 Å². The fourth-order valence-electron chi connectivity index (χ4n) is 3.39. The van der Waals surface area contributed by atoms with Gasteiger partial charge in [0.05, 0.1) is 0 Å². The van der Waals surface area contributed by atoms with Gasteiger partial charge in [-0.1, -0.05) is 53.6 Å². The summed E-state index contributed by atoms with van der Waals surface area (Å²) in [6, 6.07) is 31.8. The molecule has 4 aromatic rings. The van der Waals surface area contributed by atoms with Crippen LogP contribution in [0.2, 0.25) is 0 Å². The highest BCUT2D eigenvalue weighted by Gasteiger charge is 2.20. The zero-order chi connectivity index (χ0) is 22.5. The maximum atomic E-state index is 13.4. The lowest BCUT2D eigenvalue weighted by molar-refractivity contribution is 0.0996. The van der Waals surface area contributed by atoms with Crippen LogP contribution in [0.1, 0.15) is 31.8 Å². The number of nitrogens with one attached hydrogen (secondary N) is 1. The summed E-state index contributed by atoms with van der Waals surface area (Å²) in [6.45, 7) is 3.98. The van der Waals surface area contributed by atoms with Crippen LogP contribution in [0.15, 0.2) is 103 Å². The Morgan fingerprint density at radius 3 is 1.66 bits per heavy atom. The van der Waals surface area contributed by atoms with Gasteiger partial charge in [-0.2, -0.15) is 0 Å². The molecular weight excluding hydrogens is 396 g/mol. The molecule has 0 atom stereocenters. The Bertz CT molecular complexity index is 1210. The number of aryl methyl sites for hydroxylation is 2. The fraction of sp³-hybridized carbons (Fsp3) is 0.0714. The van der Waals surface area contributed by atoms with Crippen LogP contribution >= 0.6 is 0 Å². The van der Waals surface area contributed by atoms with Crippen LogP contribution in [0.25, 0.3) is 0 Å². The first-order chi connectivity index (χ1) is 15.5. The number of amides is 2. The highest BCUT2D eigenvalue weighted by molar-refractivity contribution is 6.11. The van der Waals surface area contributed by atoms with E-state index in [1.807, 2.05) is 92.7 Å². The second-order valence-corrected chi connectivity index (χ2v) is 7.71. The van der Waals surface area contributed by atoms with Crippen molar-refractivity contribution in [1.29, 1.82) is 0 Å². The Morgan fingerprint density at radius 1 is 0.594 bits per heavy atom. The Kier molecular flexibility index (Phi) is 6.13. The van der Waals surface area contributed by atoms with Gasteiger partial charge in [0.1, 0.15) is 0 Å². The predicted octanol–water partition coefficient (Wildman–Crippen LogP) is 6.53. The van der Waals surface area contributed by atoms with Gasteiger partial charge in [-0.05, 0) is 74.5 Å². The highest BCUT2D eigenvalue weighted by atomic mass is 16.2. The molecule has 0 aromatic heterocycles. The molecule has 0 spiro atoms. The summed E-state index contributed by atoms with van der Waals surface area (Å²) in [7, 11) is 0. The van der Waals surface area contributed by atoms with Gasteiger partial charge in [-0.3, -0.25) is 14.5 Å². The van der Waals surface area contributed by atoms with Crippen LogP contribution in [-0.4, -0.2) is 11.8 Å². The van der Waals surface area contributed by atoms with Crippen molar-refractivity contribution < 1.29 is 9.59 Å². The average Bonchev–Trinajstić information content (AvgIpc) is 2.82. The van der Waals surface area contributed by atoms with Crippen LogP contribution in [0.3, 0.4) is 0 Å². The van der Waals surface area contributed by atoms with Crippen molar-refractivity contribution in [3.05, 3.63) is 125 Å². The van der Waals surface area contributed by atoms with Crippen LogP contribution < -0.4 is 10.2 Å². The van der Waals surface area contributed by atoms with Crippen LogP contribution in [-0.2, 0) is 0 Å². The van der Waals surface area contributed by atoms with Gasteiger partial charge < -0.3 is 5.32 Å². The quantitative estimate of drug-likeness (QED) is 0.399. The van der Waals surface area contributed by atoms with Gasteiger partial charge in [0, 0.05) is 28.2 Å². The molecule has 4 aromatic carbocycles. The molecule has 1 N–H and O–H groups in total. The molecular formula is C28H24N2O2. The van der Waals surface area contributed by atoms with E-state index in [0.29, 0.717) is 16.8 Å². The van der Waals surface area contributed by atoms with E-state index in [-0.39, 0.29) is 11.8 Å². The number of nitrogens with zero attached hydrogens (tertiary/aromatic N) is 1. The zero-order valence-electron chi connectivity index (χ0n) is 18.1. The van der Waals surface area contributed by atoms with Crippen molar-refractivity contribution in [1.82, 2.24) is 0 Å². The third-order valence-corrected chi connectivity index (χ3v) is 5.21. The normalized spacial score (nSPS) is 10.4. The largest absolute Gasteiger partial charge is 0.322 e. The molecule has 158 valence electrons. The number of benzene rings is 4. The molecule has 0 fully saturated rings. The summed E-state index contributed by atoms with van der Waals surface area (Å²) in [4.78, 5) is 27.6. The van der Waals surface area contributed by atoms with Gasteiger partial charge in [-0.15, -0.1) is 0 Å². The van der Waals surface area contributed by atoms with Gasteiger partial charge >= 0.3 is 0 Å². The Hall–Kier alpha value is -4.18. The molecule has 0 unspecified atom stereocenters.